The maximum atomic E-state index is 6.14. The number of rotatable bonds is 4. The van der Waals surface area contributed by atoms with Crippen molar-refractivity contribution in [1.82, 2.24) is 25.1 Å². The Morgan fingerprint density at radius 2 is 1.97 bits per heavy atom. The van der Waals surface area contributed by atoms with Crippen molar-refractivity contribution < 1.29 is 9.47 Å². The van der Waals surface area contributed by atoms with E-state index in [1.807, 2.05) is 13.2 Å². The summed E-state index contributed by atoms with van der Waals surface area (Å²) in [6.07, 6.45) is 7.72. The van der Waals surface area contributed by atoms with E-state index in [1.54, 1.807) is 17.1 Å². The van der Waals surface area contributed by atoms with Crippen LogP contribution in [0.5, 0.6) is 0 Å². The van der Waals surface area contributed by atoms with E-state index in [2.05, 4.69) is 40.5 Å². The summed E-state index contributed by atoms with van der Waals surface area (Å²) >= 11 is 0. The number of morpholine rings is 1. The highest BCUT2D eigenvalue weighted by Gasteiger charge is 2.26. The fraction of sp³-hybridized carbons (Fsp3) is 0.458. The Hall–Kier alpha value is -2.81. The van der Waals surface area contributed by atoms with E-state index in [-0.39, 0.29) is 12.1 Å². The molecule has 2 atom stereocenters. The molecule has 168 valence electrons. The van der Waals surface area contributed by atoms with Gasteiger partial charge in [0.25, 0.3) is 0 Å². The monoisotopic (exact) mass is 434 g/mol. The summed E-state index contributed by atoms with van der Waals surface area (Å²) in [6.45, 7) is 5.23. The van der Waals surface area contributed by atoms with Crippen LogP contribution in [0.2, 0.25) is 0 Å². The molecule has 2 saturated heterocycles. The molecule has 5 rings (SSSR count). The molecule has 0 saturated carbocycles. The summed E-state index contributed by atoms with van der Waals surface area (Å²) in [5, 5.41) is 7.91. The molecule has 0 amide bonds. The van der Waals surface area contributed by atoms with Crippen LogP contribution in [0, 0.1) is 0 Å². The molecule has 2 aliphatic rings. The lowest BCUT2D eigenvalue weighted by Gasteiger charge is -2.33. The van der Waals surface area contributed by atoms with Crippen LogP contribution >= 0.6 is 0 Å². The van der Waals surface area contributed by atoms with E-state index >= 15 is 0 Å². The van der Waals surface area contributed by atoms with Crippen LogP contribution in [-0.2, 0) is 16.5 Å². The van der Waals surface area contributed by atoms with E-state index in [9.17, 15) is 0 Å². The number of benzene rings is 1. The number of hydrogen-bond donors (Lipinski definition) is 2. The van der Waals surface area contributed by atoms with Crippen molar-refractivity contribution in [2.24, 2.45) is 7.05 Å². The fourth-order valence-electron chi connectivity index (χ4n) is 4.60. The maximum Gasteiger partial charge on any atom is 0.150 e. The highest BCUT2D eigenvalue weighted by molar-refractivity contribution is 5.72. The summed E-state index contributed by atoms with van der Waals surface area (Å²) < 4.78 is 13.3. The van der Waals surface area contributed by atoms with Gasteiger partial charge in [-0.3, -0.25) is 4.68 Å². The molecule has 8 nitrogen and oxygen atoms in total. The Labute approximate surface area is 188 Å². The summed E-state index contributed by atoms with van der Waals surface area (Å²) in [7, 11) is 1.87. The molecule has 1 aromatic carbocycles. The Balaban J connectivity index is 1.54. The first kappa shape index (κ1) is 21.1. The predicted molar refractivity (Wildman–Crippen MR) is 123 cm³/mol. The quantitative estimate of drug-likeness (QED) is 0.651. The van der Waals surface area contributed by atoms with Gasteiger partial charge in [0.1, 0.15) is 11.5 Å². The Morgan fingerprint density at radius 3 is 2.69 bits per heavy atom. The molecule has 3 N–H and O–H groups in total. The van der Waals surface area contributed by atoms with E-state index in [0.29, 0.717) is 24.0 Å². The minimum atomic E-state index is 0.156. The summed E-state index contributed by atoms with van der Waals surface area (Å²) in [5.74, 6) is 0.898. The van der Waals surface area contributed by atoms with Gasteiger partial charge >= 0.3 is 0 Å². The Morgan fingerprint density at radius 1 is 1.12 bits per heavy atom. The number of nitrogens with one attached hydrogen (secondary N) is 1. The molecule has 4 heterocycles. The third-order valence-corrected chi connectivity index (χ3v) is 6.40. The van der Waals surface area contributed by atoms with Crippen LogP contribution in [0.3, 0.4) is 0 Å². The van der Waals surface area contributed by atoms with Crippen LogP contribution in [0.25, 0.3) is 22.5 Å². The van der Waals surface area contributed by atoms with Gasteiger partial charge < -0.3 is 20.5 Å². The summed E-state index contributed by atoms with van der Waals surface area (Å²) in [5.41, 5.74) is 12.1. The highest BCUT2D eigenvalue weighted by atomic mass is 16.5. The van der Waals surface area contributed by atoms with E-state index in [4.69, 9.17) is 20.2 Å². The van der Waals surface area contributed by atoms with Gasteiger partial charge in [-0.05, 0) is 42.9 Å². The average molecular weight is 435 g/mol. The van der Waals surface area contributed by atoms with Crippen molar-refractivity contribution in [2.45, 2.75) is 37.8 Å². The third-order valence-electron chi connectivity index (χ3n) is 6.40. The molecule has 0 spiro atoms. The zero-order chi connectivity index (χ0) is 22.1. The van der Waals surface area contributed by atoms with E-state index in [0.717, 1.165) is 49.4 Å². The largest absolute Gasteiger partial charge is 0.382 e. The van der Waals surface area contributed by atoms with Crippen LogP contribution in [-0.4, -0.2) is 52.2 Å². The number of ether oxygens (including phenoxy) is 2. The molecule has 0 bridgehead atoms. The molecular formula is C24H30N6O2. The van der Waals surface area contributed by atoms with Crippen molar-refractivity contribution >= 4 is 5.82 Å². The SMILES string of the molecule is C[C@H]1CN[C@H](c2cc(-c3cnc(N)c(-c4cnn(C)c4)n3)ccc2C2CCOCC2)CO1. The number of nitrogens with two attached hydrogens (primary N) is 1. The number of anilines is 1. The number of aryl methyl sites for hydroxylation is 1. The lowest BCUT2D eigenvalue weighted by atomic mass is 9.84. The van der Waals surface area contributed by atoms with Crippen molar-refractivity contribution in [2.75, 3.05) is 32.1 Å². The van der Waals surface area contributed by atoms with Gasteiger partial charge in [-0.25, -0.2) is 9.97 Å². The van der Waals surface area contributed by atoms with Gasteiger partial charge in [0.05, 0.1) is 36.8 Å². The summed E-state index contributed by atoms with van der Waals surface area (Å²) in [6, 6.07) is 6.80. The zero-order valence-corrected chi connectivity index (χ0v) is 18.6. The zero-order valence-electron chi connectivity index (χ0n) is 18.6. The third kappa shape index (κ3) is 4.26. The van der Waals surface area contributed by atoms with Crippen LogP contribution in [0.1, 0.15) is 42.9 Å². The van der Waals surface area contributed by atoms with Gasteiger partial charge in [0, 0.05) is 44.1 Å². The summed E-state index contributed by atoms with van der Waals surface area (Å²) in [4.78, 5) is 9.28. The molecule has 3 aromatic rings. The first-order valence-electron chi connectivity index (χ1n) is 11.3. The predicted octanol–water partition coefficient (Wildman–Crippen LogP) is 3.07. The minimum Gasteiger partial charge on any atom is -0.382 e. The van der Waals surface area contributed by atoms with Crippen LogP contribution in [0.4, 0.5) is 5.82 Å². The minimum absolute atomic E-state index is 0.156. The van der Waals surface area contributed by atoms with Gasteiger partial charge in [-0.1, -0.05) is 12.1 Å². The van der Waals surface area contributed by atoms with E-state index in [1.165, 1.54) is 11.1 Å². The normalized spacial score (nSPS) is 22.2. The molecular weight excluding hydrogens is 404 g/mol. The number of nitrogen functional groups attached to an aromatic ring is 1. The topological polar surface area (TPSA) is 100 Å². The number of nitrogens with zero attached hydrogens (tertiary/aromatic N) is 4. The molecule has 2 fully saturated rings. The van der Waals surface area contributed by atoms with Crippen LogP contribution < -0.4 is 11.1 Å². The van der Waals surface area contributed by atoms with Gasteiger partial charge in [-0.15, -0.1) is 0 Å². The molecule has 32 heavy (non-hydrogen) atoms. The van der Waals surface area contributed by atoms with Crippen LogP contribution in [0.15, 0.2) is 36.8 Å². The second kappa shape index (κ2) is 8.97. The molecule has 0 radical (unpaired) electrons. The molecule has 8 heteroatoms. The van der Waals surface area contributed by atoms with Gasteiger partial charge in [0.15, 0.2) is 0 Å². The van der Waals surface area contributed by atoms with Gasteiger partial charge in [-0.2, -0.15) is 5.10 Å². The highest BCUT2D eigenvalue weighted by Crippen LogP contribution is 2.36. The molecule has 2 aromatic heterocycles. The van der Waals surface area contributed by atoms with Crippen molar-refractivity contribution in [3.63, 3.8) is 0 Å². The maximum absolute atomic E-state index is 6.14. The molecule has 0 unspecified atom stereocenters. The second-order valence-corrected chi connectivity index (χ2v) is 8.73. The van der Waals surface area contributed by atoms with Crippen molar-refractivity contribution in [3.8, 4) is 22.5 Å². The van der Waals surface area contributed by atoms with Gasteiger partial charge in [0.2, 0.25) is 0 Å². The number of hydrogen-bond acceptors (Lipinski definition) is 7. The second-order valence-electron chi connectivity index (χ2n) is 8.73. The first-order valence-corrected chi connectivity index (χ1v) is 11.3. The molecule has 0 aliphatic carbocycles. The lowest BCUT2D eigenvalue weighted by Crippen LogP contribution is -2.40. The Bertz CT molecular complexity index is 1080. The standard InChI is InChI=1S/C24H30N6O2/c1-15-10-26-22(14-32-15)20-9-17(3-4-19(20)16-5-7-31-8-6-16)21-12-27-24(25)23(29-21)18-11-28-30(2)13-18/h3-4,9,11-13,15-16,22,26H,5-8,10,14H2,1-2H3,(H2,25,27)/t15-,22-/m0/s1. The van der Waals surface area contributed by atoms with E-state index < -0.39 is 0 Å². The Kier molecular flexibility index (Phi) is 5.91. The molecule has 2 aliphatic heterocycles. The fourth-order valence-corrected chi connectivity index (χ4v) is 4.60. The average Bonchev–Trinajstić information content (AvgIpc) is 3.26. The van der Waals surface area contributed by atoms with Crippen molar-refractivity contribution in [1.29, 1.82) is 0 Å². The first-order chi connectivity index (χ1) is 15.6. The number of aromatic nitrogens is 4. The lowest BCUT2D eigenvalue weighted by molar-refractivity contribution is 0.0144. The van der Waals surface area contributed by atoms with Crippen molar-refractivity contribution in [3.05, 3.63) is 47.9 Å². The smallest absolute Gasteiger partial charge is 0.150 e.